The molecule has 0 saturated carbocycles. The van der Waals surface area contributed by atoms with E-state index in [2.05, 4.69) is 8.80 Å². The van der Waals surface area contributed by atoms with Gasteiger partial charge in [-0.1, -0.05) is 24.3 Å². The number of fused-ring (bicyclic) bond motifs is 10. The molecule has 0 aliphatic heterocycles. The van der Waals surface area contributed by atoms with E-state index in [1.807, 2.05) is 0 Å². The zero-order chi connectivity index (χ0) is 36.9. The Morgan fingerprint density at radius 3 is 0.950 bits per heavy atom. The monoisotopic (exact) mass is 600 g/mol. The summed E-state index contributed by atoms with van der Waals surface area (Å²) in [6, 6.07) is 20.3. The van der Waals surface area contributed by atoms with Crippen LogP contribution in [0.5, 0.6) is 0 Å². The van der Waals surface area contributed by atoms with Crippen molar-refractivity contribution in [3.63, 3.8) is 0 Å². The maximum atomic E-state index is 8.15. The van der Waals surface area contributed by atoms with Gasteiger partial charge < -0.3 is 8.80 Å². The van der Waals surface area contributed by atoms with Crippen LogP contribution in [-0.4, -0.2) is 8.80 Å². The van der Waals surface area contributed by atoms with Crippen molar-refractivity contribution in [1.82, 2.24) is 8.80 Å². The fraction of sp³-hybridized carbons (Fsp3) is 0.118. The molecule has 0 radical (unpaired) electrons. The molecule has 0 aliphatic carbocycles. The van der Waals surface area contributed by atoms with Crippen LogP contribution in [0, 0.1) is 27.4 Å². The molecule has 194 valence electrons. The Kier molecular flexibility index (Phi) is 2.92. The van der Waals surface area contributed by atoms with Gasteiger partial charge in [-0.2, -0.15) is 0 Å². The number of nitrogens with zero attached hydrogens (tertiary/aromatic N) is 2. The molecule has 4 heterocycles. The molecule has 9 aromatic rings. The third-order valence-electron chi connectivity index (χ3n) is 7.37. The predicted molar refractivity (Wildman–Crippen MR) is 181 cm³/mol. The number of aromatic nitrogens is 2. The first-order valence-electron chi connectivity index (χ1n) is 18.4. The summed E-state index contributed by atoms with van der Waals surface area (Å²) in [7, 11) is 0. The summed E-state index contributed by atoms with van der Waals surface area (Å²) in [6.45, 7) is -9.39. The average molecular weight is 601 g/mol. The largest absolute Gasteiger partial charge is 0.305 e. The van der Waals surface area contributed by atoms with E-state index >= 15 is 0 Å². The van der Waals surface area contributed by atoms with Gasteiger partial charge in [0.25, 0.3) is 0 Å². The molecule has 0 fully saturated rings. The van der Waals surface area contributed by atoms with Gasteiger partial charge in [0.2, 0.25) is 0 Å². The Labute approximate surface area is 263 Å². The molecule has 0 spiro atoms. The van der Waals surface area contributed by atoms with E-state index < -0.39 is 27.4 Å². The highest BCUT2D eigenvalue weighted by Gasteiger charge is 2.22. The number of rotatable bonds is 0. The summed E-state index contributed by atoms with van der Waals surface area (Å²) >= 11 is 5.83. The molecule has 0 aliphatic rings. The SMILES string of the molecule is [2H]C([2H])([2H])c1ccc2c(c1)sc1c3sc4cc(C([2H])([2H])[2H])ccc4n4c5ccc(C([2H])([2H])[2H])cc5sc(c5sc6cc(C([2H])([2H])[2H])ccc6n2c15)c34. The average Bonchev–Trinajstić information content (AvgIpc) is 3.06. The van der Waals surface area contributed by atoms with Crippen LogP contribution >= 0.6 is 45.3 Å². The first-order valence-corrected chi connectivity index (χ1v) is 15.7. The summed E-state index contributed by atoms with van der Waals surface area (Å²) in [5.41, 5.74) is 5.43. The summed E-state index contributed by atoms with van der Waals surface area (Å²) in [5, 5.41) is 0. The first-order chi connectivity index (χ1) is 24.3. The topological polar surface area (TPSA) is 8.82 Å². The summed E-state index contributed by atoms with van der Waals surface area (Å²) < 4.78 is 108. The van der Waals surface area contributed by atoms with Gasteiger partial charge in [0.1, 0.15) is 0 Å². The van der Waals surface area contributed by atoms with Crippen molar-refractivity contribution in [1.29, 1.82) is 0 Å². The van der Waals surface area contributed by atoms with E-state index in [9.17, 15) is 0 Å². The lowest BCUT2D eigenvalue weighted by atomic mass is 10.2. The molecular weight excluding hydrogens is 565 g/mol. The van der Waals surface area contributed by atoms with Crippen LogP contribution in [0.15, 0.2) is 72.8 Å². The minimum Gasteiger partial charge on any atom is -0.305 e. The van der Waals surface area contributed by atoms with Crippen LogP contribution in [0.4, 0.5) is 0 Å². The maximum absolute atomic E-state index is 8.15. The van der Waals surface area contributed by atoms with Crippen molar-refractivity contribution in [2.75, 3.05) is 0 Å². The number of benzene rings is 5. The second-order valence-electron chi connectivity index (χ2n) is 9.82. The third kappa shape index (κ3) is 3.08. The maximum Gasteiger partial charge on any atom is 0.0838 e. The van der Waals surface area contributed by atoms with Crippen molar-refractivity contribution in [2.24, 2.45) is 0 Å². The van der Waals surface area contributed by atoms with Crippen molar-refractivity contribution in [2.45, 2.75) is 27.4 Å². The van der Waals surface area contributed by atoms with Gasteiger partial charge in [0.05, 0.1) is 70.7 Å². The van der Waals surface area contributed by atoms with Gasteiger partial charge in [-0.15, -0.1) is 45.3 Å². The van der Waals surface area contributed by atoms with Gasteiger partial charge in [-0.05, 0) is 98.2 Å². The second-order valence-corrected chi connectivity index (χ2v) is 14.0. The van der Waals surface area contributed by atoms with Gasteiger partial charge >= 0.3 is 0 Å². The molecule has 5 aromatic carbocycles. The van der Waals surface area contributed by atoms with E-state index in [4.69, 9.17) is 16.4 Å². The lowest BCUT2D eigenvalue weighted by molar-refractivity contribution is 1.32. The van der Waals surface area contributed by atoms with Crippen molar-refractivity contribution < 1.29 is 16.4 Å². The van der Waals surface area contributed by atoms with E-state index in [1.165, 1.54) is 45.3 Å². The Morgan fingerprint density at radius 2 is 0.700 bits per heavy atom. The summed E-state index contributed by atoms with van der Waals surface area (Å²) in [5.74, 6) is 0. The Balaban J connectivity index is 1.60. The predicted octanol–water partition coefficient (Wildman–Crippen LogP) is 11.7. The number of aryl methyl sites for hydroxylation is 4. The van der Waals surface area contributed by atoms with Crippen LogP contribution < -0.4 is 0 Å². The zero-order valence-corrected chi connectivity index (χ0v) is 23.7. The molecule has 0 atom stereocenters. The number of hydrogen-bond donors (Lipinski definition) is 0. The molecule has 4 aromatic heterocycles. The third-order valence-corrected chi connectivity index (χ3v) is 12.2. The van der Waals surface area contributed by atoms with Crippen LogP contribution in [0.25, 0.3) is 70.7 Å². The molecule has 0 unspecified atom stereocenters. The van der Waals surface area contributed by atoms with E-state index in [0.29, 0.717) is 18.8 Å². The fourth-order valence-electron chi connectivity index (χ4n) is 5.72. The van der Waals surface area contributed by atoms with Crippen molar-refractivity contribution >= 4 is 116 Å². The van der Waals surface area contributed by atoms with Gasteiger partial charge in [-0.25, -0.2) is 0 Å². The van der Waals surface area contributed by atoms with Crippen molar-refractivity contribution in [3.05, 3.63) is 95.1 Å². The molecular formula is C34H24N2S4. The fourth-order valence-corrected chi connectivity index (χ4v) is 11.0. The lowest BCUT2D eigenvalue weighted by Crippen LogP contribution is -1.99. The van der Waals surface area contributed by atoms with E-state index in [-0.39, 0.29) is 22.3 Å². The summed E-state index contributed by atoms with van der Waals surface area (Å²) in [4.78, 5) is 0. The molecule has 0 amide bonds. The van der Waals surface area contributed by atoms with Crippen molar-refractivity contribution in [3.8, 4) is 0 Å². The molecule has 0 bridgehead atoms. The van der Waals surface area contributed by atoms with Crippen LogP contribution in [0.3, 0.4) is 0 Å². The van der Waals surface area contributed by atoms with E-state index in [0.717, 1.165) is 51.9 Å². The quantitative estimate of drug-likeness (QED) is 0.121. The highest BCUT2D eigenvalue weighted by molar-refractivity contribution is 7.36. The first kappa shape index (κ1) is 14.5. The second kappa shape index (κ2) is 8.08. The molecule has 0 saturated heterocycles. The van der Waals surface area contributed by atoms with Crippen LogP contribution in [-0.2, 0) is 0 Å². The van der Waals surface area contributed by atoms with Gasteiger partial charge in [0.15, 0.2) is 0 Å². The molecule has 0 N–H and O–H groups in total. The number of hydrogen-bond acceptors (Lipinski definition) is 4. The molecule has 6 heteroatoms. The van der Waals surface area contributed by atoms with Crippen LogP contribution in [0.1, 0.15) is 38.7 Å². The molecule has 9 rings (SSSR count). The molecule has 2 nitrogen and oxygen atoms in total. The summed E-state index contributed by atoms with van der Waals surface area (Å²) in [6.07, 6.45) is 0. The standard InChI is InChI=1S/C34H24N2S4/c1-17-5-9-21-25(13-17)37-31-29-33(39-26-14-18(2)6-10-22(26)35(21)29)34-30-32(31)38-27-15-19(3)7-11-23(27)36(30)24-12-8-20(4)16-28(24)40-34/h5-16H,1-4H3/i1D3,2D3,3D3,4D3. The minimum atomic E-state index is -2.35. The van der Waals surface area contributed by atoms with Crippen LogP contribution in [0.2, 0.25) is 0 Å². The smallest absolute Gasteiger partial charge is 0.0838 e. The minimum absolute atomic E-state index is 0.190. The Bertz CT molecular complexity index is 2630. The zero-order valence-electron chi connectivity index (χ0n) is 32.5. The van der Waals surface area contributed by atoms with Gasteiger partial charge in [-0.3, -0.25) is 0 Å². The highest BCUT2D eigenvalue weighted by Crippen LogP contribution is 2.49. The van der Waals surface area contributed by atoms with E-state index in [1.54, 1.807) is 72.8 Å². The lowest BCUT2D eigenvalue weighted by Gasteiger charge is -2.20. The Hall–Kier alpha value is -3.42. The Morgan fingerprint density at radius 1 is 0.425 bits per heavy atom. The highest BCUT2D eigenvalue weighted by atomic mass is 32.1. The normalized spacial score (nSPS) is 18.2. The molecule has 40 heavy (non-hydrogen) atoms. The van der Waals surface area contributed by atoms with Gasteiger partial charge in [0, 0.05) is 16.4 Å².